The zero-order valence-electron chi connectivity index (χ0n) is 12.8. The van der Waals surface area contributed by atoms with Crippen molar-refractivity contribution >= 4 is 17.4 Å². The summed E-state index contributed by atoms with van der Waals surface area (Å²) < 4.78 is 0. The molecular weight excluding hydrogens is 274 g/mol. The molecule has 0 aliphatic carbocycles. The maximum atomic E-state index is 3.50. The second-order valence-corrected chi connectivity index (χ2v) is 6.37. The Morgan fingerprint density at radius 2 is 1.67 bits per heavy atom. The number of anilines is 1. The molecule has 0 bridgehead atoms. The van der Waals surface area contributed by atoms with Crippen LogP contribution in [0.1, 0.15) is 30.9 Å². The SMILES string of the molecule is CCCSCc1ccc(NCCCc2ccccc2)cc1. The number of rotatable bonds is 9. The van der Waals surface area contributed by atoms with E-state index in [4.69, 9.17) is 0 Å². The van der Waals surface area contributed by atoms with Crippen molar-refractivity contribution < 1.29 is 0 Å². The standard InChI is InChI=1S/C19H25NS/c1-2-15-21-16-18-10-12-19(13-11-18)20-14-6-9-17-7-4-3-5-8-17/h3-5,7-8,10-13,20H,2,6,9,14-16H2,1H3. The van der Waals surface area contributed by atoms with Gasteiger partial charge in [0, 0.05) is 18.0 Å². The summed E-state index contributed by atoms with van der Waals surface area (Å²) in [5.41, 5.74) is 4.07. The van der Waals surface area contributed by atoms with Crippen LogP contribution < -0.4 is 5.32 Å². The Morgan fingerprint density at radius 1 is 0.905 bits per heavy atom. The van der Waals surface area contributed by atoms with Gasteiger partial charge in [0.1, 0.15) is 0 Å². The van der Waals surface area contributed by atoms with Crippen LogP contribution >= 0.6 is 11.8 Å². The highest BCUT2D eigenvalue weighted by atomic mass is 32.2. The molecule has 0 saturated carbocycles. The molecule has 0 aliphatic rings. The molecule has 0 spiro atoms. The van der Waals surface area contributed by atoms with Crippen LogP contribution in [0.25, 0.3) is 0 Å². The lowest BCUT2D eigenvalue weighted by Crippen LogP contribution is -2.02. The van der Waals surface area contributed by atoms with E-state index in [-0.39, 0.29) is 0 Å². The summed E-state index contributed by atoms with van der Waals surface area (Å²) in [7, 11) is 0. The Kier molecular flexibility index (Phi) is 7.23. The van der Waals surface area contributed by atoms with Crippen molar-refractivity contribution in [2.75, 3.05) is 17.6 Å². The first-order valence-corrected chi connectivity index (χ1v) is 8.98. The molecule has 2 heteroatoms. The molecule has 0 fully saturated rings. The fraction of sp³-hybridized carbons (Fsp3) is 0.368. The zero-order valence-corrected chi connectivity index (χ0v) is 13.7. The molecule has 1 nitrogen and oxygen atoms in total. The first-order valence-electron chi connectivity index (χ1n) is 7.83. The van der Waals surface area contributed by atoms with E-state index in [2.05, 4.69) is 66.8 Å². The molecule has 2 aromatic rings. The average molecular weight is 299 g/mol. The molecule has 1 N–H and O–H groups in total. The summed E-state index contributed by atoms with van der Waals surface area (Å²) in [5.74, 6) is 2.38. The van der Waals surface area contributed by atoms with E-state index in [1.54, 1.807) is 0 Å². The zero-order chi connectivity index (χ0) is 14.8. The number of hydrogen-bond donors (Lipinski definition) is 1. The number of benzene rings is 2. The first kappa shape index (κ1) is 16.0. The van der Waals surface area contributed by atoms with Crippen LogP contribution in [0.2, 0.25) is 0 Å². The molecule has 0 radical (unpaired) electrons. The van der Waals surface area contributed by atoms with Gasteiger partial charge < -0.3 is 5.32 Å². The Balaban J connectivity index is 1.66. The van der Waals surface area contributed by atoms with Gasteiger partial charge in [0.15, 0.2) is 0 Å². The Hall–Kier alpha value is -1.41. The van der Waals surface area contributed by atoms with E-state index < -0.39 is 0 Å². The molecule has 112 valence electrons. The third-order valence-corrected chi connectivity index (χ3v) is 4.62. The lowest BCUT2D eigenvalue weighted by atomic mass is 10.1. The van der Waals surface area contributed by atoms with Crippen LogP contribution in [-0.2, 0) is 12.2 Å². The molecule has 0 unspecified atom stereocenters. The van der Waals surface area contributed by atoms with Gasteiger partial charge in [-0.3, -0.25) is 0 Å². The van der Waals surface area contributed by atoms with Crippen molar-refractivity contribution in [3.63, 3.8) is 0 Å². The molecule has 0 saturated heterocycles. The van der Waals surface area contributed by atoms with Gasteiger partial charge in [-0.2, -0.15) is 11.8 Å². The molecule has 0 heterocycles. The molecule has 0 amide bonds. The van der Waals surface area contributed by atoms with E-state index in [1.165, 1.54) is 29.0 Å². The molecule has 2 rings (SSSR count). The summed E-state index contributed by atoms with van der Waals surface area (Å²) >= 11 is 2.01. The topological polar surface area (TPSA) is 12.0 Å². The second-order valence-electron chi connectivity index (χ2n) is 5.27. The Labute approximate surface area is 133 Å². The van der Waals surface area contributed by atoms with Crippen molar-refractivity contribution in [2.45, 2.75) is 31.9 Å². The minimum atomic E-state index is 1.03. The summed E-state index contributed by atoms with van der Waals surface area (Å²) in [6.45, 7) is 3.26. The van der Waals surface area contributed by atoms with Gasteiger partial charge in [-0.1, -0.05) is 49.4 Å². The van der Waals surface area contributed by atoms with Crippen LogP contribution in [0, 0.1) is 0 Å². The van der Waals surface area contributed by atoms with E-state index in [1.807, 2.05) is 11.8 Å². The van der Waals surface area contributed by atoms with Crippen molar-refractivity contribution in [3.05, 3.63) is 65.7 Å². The molecule has 21 heavy (non-hydrogen) atoms. The van der Waals surface area contributed by atoms with E-state index >= 15 is 0 Å². The number of hydrogen-bond acceptors (Lipinski definition) is 2. The average Bonchev–Trinajstić information content (AvgIpc) is 2.54. The highest BCUT2D eigenvalue weighted by Crippen LogP contribution is 2.16. The number of thioether (sulfide) groups is 1. The maximum absolute atomic E-state index is 3.50. The smallest absolute Gasteiger partial charge is 0.0340 e. The summed E-state index contributed by atoms with van der Waals surface area (Å²) in [6.07, 6.45) is 3.56. The predicted octanol–water partition coefficient (Wildman–Crippen LogP) is 5.37. The number of aryl methyl sites for hydroxylation is 1. The minimum absolute atomic E-state index is 1.03. The molecular formula is C19H25NS. The van der Waals surface area contributed by atoms with Crippen LogP contribution in [0.4, 0.5) is 5.69 Å². The molecule has 0 aliphatic heterocycles. The van der Waals surface area contributed by atoms with Crippen LogP contribution in [-0.4, -0.2) is 12.3 Å². The van der Waals surface area contributed by atoms with Gasteiger partial charge in [0.2, 0.25) is 0 Å². The van der Waals surface area contributed by atoms with Crippen molar-refractivity contribution in [1.82, 2.24) is 0 Å². The third-order valence-electron chi connectivity index (χ3n) is 3.39. The van der Waals surface area contributed by atoms with Crippen molar-refractivity contribution in [2.24, 2.45) is 0 Å². The second kappa shape index (κ2) is 9.51. The third kappa shape index (κ3) is 6.26. The molecule has 0 aromatic heterocycles. The fourth-order valence-corrected chi connectivity index (χ4v) is 3.08. The monoisotopic (exact) mass is 299 g/mol. The lowest BCUT2D eigenvalue weighted by Gasteiger charge is -2.08. The quantitative estimate of drug-likeness (QED) is 0.624. The number of nitrogens with one attached hydrogen (secondary N) is 1. The molecule has 0 atom stereocenters. The predicted molar refractivity (Wildman–Crippen MR) is 96.1 cm³/mol. The van der Waals surface area contributed by atoms with Gasteiger partial charge in [-0.15, -0.1) is 0 Å². The summed E-state index contributed by atoms with van der Waals surface area (Å²) in [5, 5.41) is 3.50. The van der Waals surface area contributed by atoms with Gasteiger partial charge in [-0.05, 0) is 48.3 Å². The van der Waals surface area contributed by atoms with Crippen molar-refractivity contribution in [3.8, 4) is 0 Å². The van der Waals surface area contributed by atoms with E-state index in [0.717, 1.165) is 25.1 Å². The molecule has 2 aromatic carbocycles. The van der Waals surface area contributed by atoms with Gasteiger partial charge in [0.05, 0.1) is 0 Å². The van der Waals surface area contributed by atoms with Crippen molar-refractivity contribution in [1.29, 1.82) is 0 Å². The normalized spacial score (nSPS) is 10.5. The fourth-order valence-electron chi connectivity index (χ4n) is 2.22. The summed E-state index contributed by atoms with van der Waals surface area (Å²) in [6, 6.07) is 19.6. The van der Waals surface area contributed by atoms with Gasteiger partial charge in [0.25, 0.3) is 0 Å². The lowest BCUT2D eigenvalue weighted by molar-refractivity contribution is 0.863. The summed E-state index contributed by atoms with van der Waals surface area (Å²) in [4.78, 5) is 0. The van der Waals surface area contributed by atoms with E-state index in [0.29, 0.717) is 0 Å². The van der Waals surface area contributed by atoms with Gasteiger partial charge >= 0.3 is 0 Å². The Bertz CT molecular complexity index is 493. The van der Waals surface area contributed by atoms with E-state index in [9.17, 15) is 0 Å². The largest absolute Gasteiger partial charge is 0.385 e. The van der Waals surface area contributed by atoms with Crippen LogP contribution in [0.15, 0.2) is 54.6 Å². The maximum Gasteiger partial charge on any atom is 0.0340 e. The first-order chi connectivity index (χ1) is 10.4. The van der Waals surface area contributed by atoms with Crippen LogP contribution in [0.3, 0.4) is 0 Å². The highest BCUT2D eigenvalue weighted by molar-refractivity contribution is 7.98. The van der Waals surface area contributed by atoms with Crippen LogP contribution in [0.5, 0.6) is 0 Å². The Morgan fingerprint density at radius 3 is 2.38 bits per heavy atom. The minimum Gasteiger partial charge on any atom is -0.385 e. The highest BCUT2D eigenvalue weighted by Gasteiger charge is 1.96. The van der Waals surface area contributed by atoms with Gasteiger partial charge in [-0.25, -0.2) is 0 Å².